The molecule has 3 nitrogen and oxygen atoms in total. The van der Waals surface area contributed by atoms with Crippen LogP contribution in [0, 0.1) is 0 Å². The molecule has 1 aliphatic heterocycles. The molecule has 2 atom stereocenters. The van der Waals surface area contributed by atoms with Gasteiger partial charge in [0.25, 0.3) is 0 Å². The number of benzene rings is 1. The Morgan fingerprint density at radius 1 is 1.20 bits per heavy atom. The van der Waals surface area contributed by atoms with Crippen LogP contribution < -0.4 is 5.73 Å². The summed E-state index contributed by atoms with van der Waals surface area (Å²) in [5, 5.41) is 0. The lowest BCUT2D eigenvalue weighted by Gasteiger charge is -2.42. The van der Waals surface area contributed by atoms with Crippen LogP contribution in [0.3, 0.4) is 0 Å². The summed E-state index contributed by atoms with van der Waals surface area (Å²) in [6, 6.07) is 9.35. The predicted molar refractivity (Wildman–Crippen MR) is 81.7 cm³/mol. The quantitative estimate of drug-likeness (QED) is 0.920. The van der Waals surface area contributed by atoms with Gasteiger partial charge < -0.3 is 10.5 Å². The van der Waals surface area contributed by atoms with Gasteiger partial charge in [-0.15, -0.1) is 0 Å². The second kappa shape index (κ2) is 6.25. The monoisotopic (exact) mass is 274 g/mol. The van der Waals surface area contributed by atoms with Crippen molar-refractivity contribution in [1.82, 2.24) is 4.90 Å². The highest BCUT2D eigenvalue weighted by atomic mass is 16.5. The van der Waals surface area contributed by atoms with E-state index in [0.29, 0.717) is 12.1 Å². The molecule has 1 heterocycles. The molecular weight excluding hydrogens is 248 g/mol. The van der Waals surface area contributed by atoms with Crippen LogP contribution in [-0.2, 0) is 11.2 Å². The number of ether oxygens (including phenoxy) is 1. The maximum atomic E-state index is 6.54. The Kier molecular flexibility index (Phi) is 4.39. The second-order valence-electron chi connectivity index (χ2n) is 6.02. The van der Waals surface area contributed by atoms with Gasteiger partial charge in [0.15, 0.2) is 0 Å². The first-order valence-electron chi connectivity index (χ1n) is 7.98. The molecule has 1 aromatic carbocycles. The molecule has 1 aliphatic carbocycles. The van der Waals surface area contributed by atoms with Gasteiger partial charge in [-0.3, -0.25) is 4.90 Å². The number of nitrogens with two attached hydrogens (primary N) is 1. The van der Waals surface area contributed by atoms with Crippen molar-refractivity contribution in [2.45, 2.75) is 50.8 Å². The smallest absolute Gasteiger partial charge is 0.0599 e. The van der Waals surface area contributed by atoms with Gasteiger partial charge in [-0.2, -0.15) is 0 Å². The topological polar surface area (TPSA) is 38.5 Å². The molecule has 0 saturated carbocycles. The van der Waals surface area contributed by atoms with Crippen LogP contribution in [0.2, 0.25) is 0 Å². The van der Waals surface area contributed by atoms with Gasteiger partial charge in [0.2, 0.25) is 0 Å². The summed E-state index contributed by atoms with van der Waals surface area (Å²) in [5.41, 5.74) is 9.34. The minimum atomic E-state index is 0.170. The lowest BCUT2D eigenvalue weighted by atomic mass is 9.83. The van der Waals surface area contributed by atoms with E-state index in [4.69, 9.17) is 10.5 Å². The van der Waals surface area contributed by atoms with Gasteiger partial charge in [0.05, 0.1) is 6.10 Å². The molecule has 2 unspecified atom stereocenters. The van der Waals surface area contributed by atoms with Gasteiger partial charge in [0.1, 0.15) is 0 Å². The lowest BCUT2D eigenvalue weighted by molar-refractivity contribution is -0.00111. The lowest BCUT2D eigenvalue weighted by Crippen LogP contribution is -2.49. The normalized spacial score (nSPS) is 28.3. The number of hydrogen-bond donors (Lipinski definition) is 1. The molecule has 1 fully saturated rings. The third-order valence-electron chi connectivity index (χ3n) is 4.89. The minimum absolute atomic E-state index is 0.170. The van der Waals surface area contributed by atoms with Crippen LogP contribution in [-0.4, -0.2) is 36.7 Å². The van der Waals surface area contributed by atoms with E-state index in [1.54, 1.807) is 0 Å². The van der Waals surface area contributed by atoms with Crippen molar-refractivity contribution in [1.29, 1.82) is 0 Å². The average molecular weight is 274 g/mol. The summed E-state index contributed by atoms with van der Waals surface area (Å²) in [6.45, 7) is 5.18. The zero-order chi connectivity index (χ0) is 13.9. The van der Waals surface area contributed by atoms with Crippen LogP contribution in [0.5, 0.6) is 0 Å². The predicted octanol–water partition coefficient (Wildman–Crippen LogP) is 2.50. The Bertz CT molecular complexity index is 440. The molecule has 1 aromatic rings. The third kappa shape index (κ3) is 2.76. The van der Waals surface area contributed by atoms with E-state index in [9.17, 15) is 0 Å². The fourth-order valence-corrected chi connectivity index (χ4v) is 3.80. The zero-order valence-corrected chi connectivity index (χ0v) is 12.4. The highest BCUT2D eigenvalue weighted by Gasteiger charge is 2.33. The Morgan fingerprint density at radius 2 is 1.95 bits per heavy atom. The first-order valence-corrected chi connectivity index (χ1v) is 7.98. The molecule has 0 spiro atoms. The first kappa shape index (κ1) is 14.1. The summed E-state index contributed by atoms with van der Waals surface area (Å²) >= 11 is 0. The molecule has 2 N–H and O–H groups in total. The van der Waals surface area contributed by atoms with Crippen LogP contribution in [0.15, 0.2) is 24.3 Å². The summed E-state index contributed by atoms with van der Waals surface area (Å²) in [6.07, 6.45) is 5.12. The highest BCUT2D eigenvalue weighted by Crippen LogP contribution is 2.32. The van der Waals surface area contributed by atoms with E-state index in [1.165, 1.54) is 24.0 Å². The van der Waals surface area contributed by atoms with E-state index < -0.39 is 0 Å². The van der Waals surface area contributed by atoms with Crippen molar-refractivity contribution < 1.29 is 4.74 Å². The Labute approximate surface area is 122 Å². The van der Waals surface area contributed by atoms with Crippen molar-refractivity contribution in [2.75, 3.05) is 19.7 Å². The first-order chi connectivity index (χ1) is 9.79. The minimum Gasteiger partial charge on any atom is -0.378 e. The molecule has 0 amide bonds. The maximum Gasteiger partial charge on any atom is 0.0599 e. The molecular formula is C17H26N2O. The van der Waals surface area contributed by atoms with E-state index in [2.05, 4.69) is 36.1 Å². The van der Waals surface area contributed by atoms with E-state index in [-0.39, 0.29) is 6.04 Å². The fourth-order valence-electron chi connectivity index (χ4n) is 3.80. The van der Waals surface area contributed by atoms with E-state index in [0.717, 1.165) is 32.5 Å². The highest BCUT2D eigenvalue weighted by molar-refractivity contribution is 5.33. The largest absolute Gasteiger partial charge is 0.378 e. The summed E-state index contributed by atoms with van der Waals surface area (Å²) < 4.78 is 5.74. The van der Waals surface area contributed by atoms with Gasteiger partial charge in [-0.1, -0.05) is 24.3 Å². The van der Waals surface area contributed by atoms with Crippen molar-refractivity contribution in [2.24, 2.45) is 5.73 Å². The molecule has 110 valence electrons. The number of piperidine rings is 1. The molecule has 0 radical (unpaired) electrons. The number of likely N-dealkylation sites (tertiary alicyclic amines) is 1. The van der Waals surface area contributed by atoms with Crippen molar-refractivity contribution in [3.05, 3.63) is 35.4 Å². The molecule has 20 heavy (non-hydrogen) atoms. The Morgan fingerprint density at radius 3 is 2.70 bits per heavy atom. The Hall–Kier alpha value is -0.900. The number of fused-ring (bicyclic) bond motifs is 1. The third-order valence-corrected chi connectivity index (χ3v) is 4.89. The molecule has 3 rings (SSSR count). The van der Waals surface area contributed by atoms with Gasteiger partial charge in [0, 0.05) is 31.8 Å². The van der Waals surface area contributed by atoms with Crippen LogP contribution in [0.25, 0.3) is 0 Å². The van der Waals surface area contributed by atoms with E-state index in [1.807, 2.05) is 0 Å². The fraction of sp³-hybridized carbons (Fsp3) is 0.647. The van der Waals surface area contributed by atoms with E-state index >= 15 is 0 Å². The second-order valence-corrected chi connectivity index (χ2v) is 6.02. The number of rotatable bonds is 3. The van der Waals surface area contributed by atoms with Gasteiger partial charge in [-0.05, 0) is 43.7 Å². The maximum absolute atomic E-state index is 6.54. The average Bonchev–Trinajstić information content (AvgIpc) is 2.49. The number of hydrogen-bond acceptors (Lipinski definition) is 3. The van der Waals surface area contributed by atoms with Crippen LogP contribution in [0.1, 0.15) is 43.4 Å². The Balaban J connectivity index is 1.65. The summed E-state index contributed by atoms with van der Waals surface area (Å²) in [5.74, 6) is 0. The van der Waals surface area contributed by atoms with Crippen molar-refractivity contribution in [3.8, 4) is 0 Å². The van der Waals surface area contributed by atoms with Gasteiger partial charge >= 0.3 is 0 Å². The van der Waals surface area contributed by atoms with Crippen molar-refractivity contribution in [3.63, 3.8) is 0 Å². The number of aryl methyl sites for hydroxylation is 1. The summed E-state index contributed by atoms with van der Waals surface area (Å²) in [7, 11) is 0. The molecule has 0 bridgehead atoms. The summed E-state index contributed by atoms with van der Waals surface area (Å²) in [4.78, 5) is 2.59. The molecule has 0 aromatic heterocycles. The standard InChI is InChI=1S/C17H26N2O/c1-2-20-14-9-11-19(12-10-14)16-8-7-13-5-3-4-6-15(13)17(16)18/h3-6,14,16-17H,2,7-12,18H2,1H3. The molecule has 2 aliphatic rings. The molecule has 3 heteroatoms. The molecule has 1 saturated heterocycles. The van der Waals surface area contributed by atoms with Crippen LogP contribution >= 0.6 is 0 Å². The number of nitrogens with zero attached hydrogens (tertiary/aromatic N) is 1. The zero-order valence-electron chi connectivity index (χ0n) is 12.4. The SMILES string of the molecule is CCOC1CCN(C2CCc3ccccc3C2N)CC1. The van der Waals surface area contributed by atoms with Crippen molar-refractivity contribution >= 4 is 0 Å². The van der Waals surface area contributed by atoms with Gasteiger partial charge in [-0.25, -0.2) is 0 Å². The van der Waals surface area contributed by atoms with Crippen LogP contribution in [0.4, 0.5) is 0 Å².